The molecule has 1 N–H and O–H groups in total. The number of rotatable bonds is 9. The van der Waals surface area contributed by atoms with Crippen molar-refractivity contribution in [2.24, 2.45) is 5.92 Å². The lowest BCUT2D eigenvalue weighted by Gasteiger charge is -2.34. The third kappa shape index (κ3) is 6.75. The number of fused-ring (bicyclic) bond motifs is 1. The minimum Gasteiger partial charge on any atom is -0.496 e. The number of ether oxygens (including phenoxy) is 1. The van der Waals surface area contributed by atoms with Gasteiger partial charge in [0, 0.05) is 61.2 Å². The van der Waals surface area contributed by atoms with Crippen LogP contribution < -0.4 is 10.1 Å². The topological polar surface area (TPSA) is 114 Å². The van der Waals surface area contributed by atoms with Gasteiger partial charge in [0.1, 0.15) is 5.75 Å². The van der Waals surface area contributed by atoms with Gasteiger partial charge in [-0.3, -0.25) is 9.59 Å². The van der Waals surface area contributed by atoms with Gasteiger partial charge in [-0.15, -0.1) is 0 Å². The van der Waals surface area contributed by atoms with Crippen LogP contribution in [0, 0.1) is 12.8 Å². The average molecular weight is 694 g/mol. The number of likely N-dealkylation sites (tertiary alicyclic amines) is 1. The SMILES string of the molecule is COc1ccccc1-c1cn(S(=O)(=O)c2ccc(C)cc2)c2ncc(-c3ccc(NC(=O)C4CCCN(C(C)C)C4)c(C(=O)N(C)C)c3)cc12. The van der Waals surface area contributed by atoms with E-state index in [9.17, 15) is 18.0 Å². The van der Waals surface area contributed by atoms with Crippen LogP contribution in [0.3, 0.4) is 0 Å². The Morgan fingerprint density at radius 1 is 0.980 bits per heavy atom. The fourth-order valence-electron chi connectivity index (χ4n) is 6.50. The predicted molar refractivity (Wildman–Crippen MR) is 197 cm³/mol. The number of para-hydroxylation sites is 1. The third-order valence-corrected chi connectivity index (χ3v) is 11.1. The first kappa shape index (κ1) is 34.8. The fourth-order valence-corrected chi connectivity index (χ4v) is 7.83. The van der Waals surface area contributed by atoms with Crippen LogP contribution in [-0.2, 0) is 14.8 Å². The molecule has 3 aromatic carbocycles. The van der Waals surface area contributed by atoms with E-state index >= 15 is 0 Å². The number of amides is 2. The largest absolute Gasteiger partial charge is 0.496 e. The van der Waals surface area contributed by atoms with Crippen molar-refractivity contribution in [3.8, 4) is 28.0 Å². The molecule has 0 bridgehead atoms. The standard InChI is InChI=1S/C39H43N5O5S/c1-25(2)43-19-9-10-28(23-43)38(45)41-35-18-15-27(20-33(35)39(46)42(4)5)29-21-32-34(31-11-7-8-12-36(31)49-6)24-44(37(32)40-22-29)50(47,48)30-16-13-26(3)14-17-30/h7-8,11-18,20-22,24-25,28H,9-10,19,23H2,1-6H3,(H,41,45). The lowest BCUT2D eigenvalue weighted by Crippen LogP contribution is -2.44. The Kier molecular flexibility index (Phi) is 9.82. The zero-order chi connectivity index (χ0) is 35.7. The Bertz CT molecular complexity index is 2170. The van der Waals surface area contributed by atoms with Crippen molar-refractivity contribution in [2.75, 3.05) is 39.6 Å². The number of nitrogens with one attached hydrogen (secondary N) is 1. The van der Waals surface area contributed by atoms with Crippen LogP contribution in [0.15, 0.2) is 90.1 Å². The molecule has 0 radical (unpaired) electrons. The van der Waals surface area contributed by atoms with E-state index in [0.29, 0.717) is 57.2 Å². The molecule has 0 aliphatic carbocycles. The molecular formula is C39H43N5O5S. The Morgan fingerprint density at radius 2 is 1.72 bits per heavy atom. The van der Waals surface area contributed by atoms with Crippen molar-refractivity contribution < 1.29 is 22.7 Å². The molecule has 2 amide bonds. The van der Waals surface area contributed by atoms with Gasteiger partial charge in [0.2, 0.25) is 5.91 Å². The van der Waals surface area contributed by atoms with E-state index < -0.39 is 10.0 Å². The van der Waals surface area contributed by atoms with E-state index in [1.807, 2.05) is 43.3 Å². The minimum atomic E-state index is -4.01. The molecule has 260 valence electrons. The summed E-state index contributed by atoms with van der Waals surface area (Å²) in [7, 11) is 0.910. The molecule has 6 rings (SSSR count). The maximum absolute atomic E-state index is 14.0. The molecule has 1 aliphatic rings. The second kappa shape index (κ2) is 14.1. The summed E-state index contributed by atoms with van der Waals surface area (Å²) in [6.07, 6.45) is 4.93. The van der Waals surface area contributed by atoms with E-state index in [4.69, 9.17) is 9.72 Å². The molecule has 1 fully saturated rings. The first-order valence-corrected chi connectivity index (χ1v) is 18.2. The summed E-state index contributed by atoms with van der Waals surface area (Å²) >= 11 is 0. The summed E-state index contributed by atoms with van der Waals surface area (Å²) in [5, 5.41) is 3.64. The lowest BCUT2D eigenvalue weighted by atomic mass is 9.95. The highest BCUT2D eigenvalue weighted by Crippen LogP contribution is 2.39. The van der Waals surface area contributed by atoms with Gasteiger partial charge >= 0.3 is 0 Å². The van der Waals surface area contributed by atoms with Crippen LogP contribution >= 0.6 is 0 Å². The average Bonchev–Trinajstić information content (AvgIpc) is 3.51. The molecule has 50 heavy (non-hydrogen) atoms. The number of aromatic nitrogens is 2. The molecule has 1 atom stereocenters. The summed E-state index contributed by atoms with van der Waals surface area (Å²) < 4.78 is 34.9. The maximum Gasteiger partial charge on any atom is 0.269 e. The third-order valence-electron chi connectivity index (χ3n) is 9.39. The fraction of sp³-hybridized carbons (Fsp3) is 0.308. The molecule has 1 saturated heterocycles. The zero-order valence-electron chi connectivity index (χ0n) is 29.3. The Balaban J connectivity index is 1.45. The van der Waals surface area contributed by atoms with E-state index in [1.165, 1.54) is 8.87 Å². The molecule has 5 aromatic rings. The summed E-state index contributed by atoms with van der Waals surface area (Å²) in [5.74, 6) is 0.0526. The first-order chi connectivity index (χ1) is 23.9. The van der Waals surface area contributed by atoms with Gasteiger partial charge < -0.3 is 19.9 Å². The Morgan fingerprint density at radius 3 is 2.42 bits per heavy atom. The van der Waals surface area contributed by atoms with E-state index in [-0.39, 0.29) is 28.3 Å². The van der Waals surface area contributed by atoms with Crippen molar-refractivity contribution >= 4 is 38.6 Å². The molecule has 3 heterocycles. The number of pyridine rings is 1. The van der Waals surface area contributed by atoms with Crippen molar-refractivity contribution in [3.05, 3.63) is 96.3 Å². The summed E-state index contributed by atoms with van der Waals surface area (Å²) in [6, 6.07) is 21.7. The molecule has 11 heteroatoms. The predicted octanol–water partition coefficient (Wildman–Crippen LogP) is 6.69. The monoisotopic (exact) mass is 693 g/mol. The van der Waals surface area contributed by atoms with Gasteiger partial charge in [-0.1, -0.05) is 42.0 Å². The molecule has 10 nitrogen and oxygen atoms in total. The second-order valence-corrected chi connectivity index (χ2v) is 15.1. The van der Waals surface area contributed by atoms with Crippen molar-refractivity contribution in [1.82, 2.24) is 18.8 Å². The Hall–Kier alpha value is -5.00. The van der Waals surface area contributed by atoms with Crippen LogP contribution in [0.4, 0.5) is 5.69 Å². The second-order valence-electron chi connectivity index (χ2n) is 13.3. The number of aryl methyl sites for hydroxylation is 1. The van der Waals surface area contributed by atoms with E-state index in [1.54, 1.807) is 70.0 Å². The molecular weight excluding hydrogens is 651 g/mol. The minimum absolute atomic E-state index is 0.100. The highest BCUT2D eigenvalue weighted by molar-refractivity contribution is 7.90. The quantitative estimate of drug-likeness (QED) is 0.183. The number of piperidine rings is 1. The van der Waals surface area contributed by atoms with Crippen LogP contribution in [0.25, 0.3) is 33.3 Å². The van der Waals surface area contributed by atoms with E-state index in [0.717, 1.165) is 24.9 Å². The highest BCUT2D eigenvalue weighted by Gasteiger charge is 2.29. The van der Waals surface area contributed by atoms with Gasteiger partial charge in [-0.05, 0) is 82.1 Å². The number of anilines is 1. The van der Waals surface area contributed by atoms with Gasteiger partial charge in [0.05, 0.1) is 29.2 Å². The number of hydrogen-bond donors (Lipinski definition) is 1. The highest BCUT2D eigenvalue weighted by atomic mass is 32.2. The zero-order valence-corrected chi connectivity index (χ0v) is 30.1. The van der Waals surface area contributed by atoms with Gasteiger partial charge in [-0.25, -0.2) is 17.4 Å². The van der Waals surface area contributed by atoms with Crippen LogP contribution in [0.5, 0.6) is 5.75 Å². The number of benzene rings is 3. The van der Waals surface area contributed by atoms with Crippen molar-refractivity contribution in [3.63, 3.8) is 0 Å². The number of carbonyl (C=O) groups is 2. The molecule has 0 spiro atoms. The molecule has 0 saturated carbocycles. The maximum atomic E-state index is 14.0. The van der Waals surface area contributed by atoms with E-state index in [2.05, 4.69) is 24.1 Å². The van der Waals surface area contributed by atoms with Crippen LogP contribution in [-0.4, -0.2) is 79.3 Å². The number of hydrogen-bond acceptors (Lipinski definition) is 7. The van der Waals surface area contributed by atoms with Crippen LogP contribution in [0.2, 0.25) is 0 Å². The van der Waals surface area contributed by atoms with Gasteiger partial charge in [-0.2, -0.15) is 0 Å². The first-order valence-electron chi connectivity index (χ1n) is 16.8. The van der Waals surface area contributed by atoms with Crippen molar-refractivity contribution in [1.29, 1.82) is 0 Å². The molecule has 2 aromatic heterocycles. The lowest BCUT2D eigenvalue weighted by molar-refractivity contribution is -0.121. The summed E-state index contributed by atoms with van der Waals surface area (Å²) in [5.41, 5.74) is 4.68. The van der Waals surface area contributed by atoms with Gasteiger partial charge in [0.25, 0.3) is 15.9 Å². The summed E-state index contributed by atoms with van der Waals surface area (Å²) in [4.78, 5) is 35.6. The van der Waals surface area contributed by atoms with Gasteiger partial charge in [0.15, 0.2) is 5.65 Å². The smallest absolute Gasteiger partial charge is 0.269 e. The molecule has 1 unspecified atom stereocenters. The number of methoxy groups -OCH3 is 1. The number of nitrogens with zero attached hydrogens (tertiary/aromatic N) is 4. The number of carbonyl (C=O) groups excluding carboxylic acids is 2. The van der Waals surface area contributed by atoms with Crippen LogP contribution in [0.1, 0.15) is 42.6 Å². The van der Waals surface area contributed by atoms with Crippen molar-refractivity contribution in [2.45, 2.75) is 44.6 Å². The Labute approximate surface area is 293 Å². The normalized spacial score (nSPS) is 15.3. The molecule has 1 aliphatic heterocycles. The summed E-state index contributed by atoms with van der Waals surface area (Å²) in [6.45, 7) is 7.82.